The molecule has 0 fully saturated rings. The van der Waals surface area contributed by atoms with Crippen LogP contribution in [0.4, 0.5) is 0 Å². The van der Waals surface area contributed by atoms with E-state index < -0.39 is 11.5 Å². The molecular weight excluding hydrogens is 386 g/mol. The molecule has 7 heteroatoms. The Hall–Kier alpha value is -3.32. The molecule has 0 unspecified atom stereocenters. The van der Waals surface area contributed by atoms with E-state index in [4.69, 9.17) is 4.74 Å². The van der Waals surface area contributed by atoms with E-state index in [2.05, 4.69) is 22.2 Å². The monoisotopic (exact) mass is 405 g/mol. The highest BCUT2D eigenvalue weighted by atomic mass is 32.2. The summed E-state index contributed by atoms with van der Waals surface area (Å²) in [5, 5.41) is 3.01. The topological polar surface area (TPSA) is 76.5 Å². The molecule has 2 aromatic heterocycles. The molecule has 4 rings (SSSR count). The molecule has 0 saturated heterocycles. The maximum absolute atomic E-state index is 12.7. The molecule has 2 aromatic carbocycles. The van der Waals surface area contributed by atoms with E-state index in [0.717, 1.165) is 21.7 Å². The highest BCUT2D eigenvalue weighted by Gasteiger charge is 2.19. The van der Waals surface area contributed by atoms with E-state index >= 15 is 0 Å². The number of aromatic amines is 1. The first-order valence-corrected chi connectivity index (χ1v) is 10.0. The van der Waals surface area contributed by atoms with Gasteiger partial charge in [0.25, 0.3) is 5.56 Å². The molecule has 0 saturated carbocycles. The number of nitrogens with zero attached hydrogens (tertiary/aromatic N) is 2. The molecule has 0 aliphatic heterocycles. The lowest BCUT2D eigenvalue weighted by Crippen LogP contribution is -2.24. The van der Waals surface area contributed by atoms with Crippen molar-refractivity contribution in [2.24, 2.45) is 0 Å². The molecule has 2 heterocycles. The molecule has 6 nitrogen and oxygen atoms in total. The lowest BCUT2D eigenvalue weighted by atomic mass is 10.1. The Kier molecular flexibility index (Phi) is 5.22. The van der Waals surface area contributed by atoms with Crippen molar-refractivity contribution >= 4 is 23.4 Å². The van der Waals surface area contributed by atoms with Crippen LogP contribution in [0.1, 0.15) is 23.0 Å². The number of fused-ring (bicyclic) bond motifs is 1. The summed E-state index contributed by atoms with van der Waals surface area (Å²) < 4.78 is 6.23. The fourth-order valence-electron chi connectivity index (χ4n) is 3.14. The zero-order chi connectivity index (χ0) is 20.4. The van der Waals surface area contributed by atoms with Crippen molar-refractivity contribution in [2.75, 3.05) is 6.61 Å². The number of carbonyl (C=O) groups excluding carboxylic acids is 1. The summed E-state index contributed by atoms with van der Waals surface area (Å²) in [4.78, 5) is 31.3. The minimum absolute atomic E-state index is 0.0910. The molecule has 1 N–H and O–H groups in total. The van der Waals surface area contributed by atoms with E-state index in [1.54, 1.807) is 18.7 Å². The van der Waals surface area contributed by atoms with Gasteiger partial charge in [-0.1, -0.05) is 42.1 Å². The number of benzene rings is 2. The van der Waals surface area contributed by atoms with Crippen molar-refractivity contribution in [3.05, 3.63) is 82.4 Å². The normalized spacial score (nSPS) is 11.0. The number of aryl methyl sites for hydroxylation is 1. The number of ether oxygens (including phenoxy) is 1. The Morgan fingerprint density at radius 3 is 2.48 bits per heavy atom. The summed E-state index contributed by atoms with van der Waals surface area (Å²) in [7, 11) is 0. The van der Waals surface area contributed by atoms with Crippen LogP contribution in [-0.4, -0.2) is 27.2 Å². The third-order valence-electron chi connectivity index (χ3n) is 4.46. The average Bonchev–Trinajstić information content (AvgIpc) is 3.07. The van der Waals surface area contributed by atoms with Crippen molar-refractivity contribution in [2.45, 2.75) is 23.6 Å². The van der Waals surface area contributed by atoms with Gasteiger partial charge in [0.15, 0.2) is 5.65 Å². The molecule has 0 bridgehead atoms. The number of aromatic nitrogens is 3. The van der Waals surface area contributed by atoms with Crippen LogP contribution in [0.3, 0.4) is 0 Å². The number of esters is 1. The van der Waals surface area contributed by atoms with Crippen LogP contribution in [0.25, 0.3) is 16.8 Å². The maximum atomic E-state index is 12.7. The molecule has 0 spiro atoms. The van der Waals surface area contributed by atoms with E-state index in [0.29, 0.717) is 5.65 Å². The Morgan fingerprint density at radius 1 is 1.10 bits per heavy atom. The lowest BCUT2D eigenvalue weighted by Gasteiger charge is -2.05. The van der Waals surface area contributed by atoms with Gasteiger partial charge in [0, 0.05) is 27.2 Å². The van der Waals surface area contributed by atoms with Crippen LogP contribution in [0.2, 0.25) is 0 Å². The standard InChI is InChI=1S/C22H19N3O3S/c1-3-28-22(27)18-13-23-20-19(14(2)24-25(20)21(18)26)15-9-11-17(12-10-15)29-16-7-5-4-6-8-16/h4-13,24H,3H2,1-2H3. The Morgan fingerprint density at radius 2 is 1.79 bits per heavy atom. The molecular formula is C22H19N3O3S. The second-order valence-electron chi connectivity index (χ2n) is 6.41. The largest absolute Gasteiger partial charge is 0.462 e. The second kappa shape index (κ2) is 7.97. The number of nitrogens with one attached hydrogen (secondary N) is 1. The first-order chi connectivity index (χ1) is 14.1. The predicted molar refractivity (Wildman–Crippen MR) is 113 cm³/mol. The lowest BCUT2D eigenvalue weighted by molar-refractivity contribution is 0.0523. The van der Waals surface area contributed by atoms with Gasteiger partial charge >= 0.3 is 5.97 Å². The fraction of sp³-hybridized carbons (Fsp3) is 0.136. The van der Waals surface area contributed by atoms with Crippen molar-refractivity contribution in [3.8, 4) is 11.1 Å². The molecule has 146 valence electrons. The van der Waals surface area contributed by atoms with Crippen LogP contribution >= 0.6 is 11.8 Å². The van der Waals surface area contributed by atoms with Crippen LogP contribution in [0.5, 0.6) is 0 Å². The summed E-state index contributed by atoms with van der Waals surface area (Å²) in [5.41, 5.74) is 2.47. The van der Waals surface area contributed by atoms with Crippen LogP contribution in [0, 0.1) is 6.92 Å². The minimum Gasteiger partial charge on any atom is -0.462 e. The molecule has 0 radical (unpaired) electrons. The van der Waals surface area contributed by atoms with E-state index in [1.807, 2.05) is 49.4 Å². The predicted octanol–water partition coefficient (Wildman–Crippen LogP) is 4.33. The van der Waals surface area contributed by atoms with Crippen LogP contribution in [0.15, 0.2) is 75.4 Å². The minimum atomic E-state index is -0.671. The van der Waals surface area contributed by atoms with Crippen LogP contribution < -0.4 is 5.56 Å². The third kappa shape index (κ3) is 3.69. The molecule has 0 aliphatic carbocycles. The Balaban J connectivity index is 1.70. The smallest absolute Gasteiger partial charge is 0.345 e. The van der Waals surface area contributed by atoms with Gasteiger partial charge in [-0.2, -0.15) is 0 Å². The number of hydrogen-bond donors (Lipinski definition) is 1. The SMILES string of the molecule is CCOC(=O)c1cnc2c(-c3ccc(Sc4ccccc4)cc3)c(C)[nH]n2c1=O. The van der Waals surface area contributed by atoms with Gasteiger partial charge in [-0.25, -0.2) is 14.3 Å². The van der Waals surface area contributed by atoms with Gasteiger partial charge in [-0.3, -0.25) is 9.89 Å². The van der Waals surface area contributed by atoms with E-state index in [9.17, 15) is 9.59 Å². The zero-order valence-electron chi connectivity index (χ0n) is 16.0. The van der Waals surface area contributed by atoms with Gasteiger partial charge in [0.1, 0.15) is 5.56 Å². The van der Waals surface area contributed by atoms with Crippen molar-refractivity contribution in [3.63, 3.8) is 0 Å². The highest BCUT2D eigenvalue weighted by Crippen LogP contribution is 2.31. The van der Waals surface area contributed by atoms with Crippen molar-refractivity contribution < 1.29 is 9.53 Å². The maximum Gasteiger partial charge on any atom is 0.345 e. The number of H-pyrrole nitrogens is 1. The number of carbonyl (C=O) groups is 1. The first-order valence-electron chi connectivity index (χ1n) is 9.19. The van der Waals surface area contributed by atoms with Gasteiger partial charge < -0.3 is 4.74 Å². The van der Waals surface area contributed by atoms with Crippen molar-refractivity contribution in [1.82, 2.24) is 14.6 Å². The van der Waals surface area contributed by atoms with Gasteiger partial charge in [0.2, 0.25) is 0 Å². The molecule has 0 aliphatic rings. The van der Waals surface area contributed by atoms with Gasteiger partial charge in [-0.05, 0) is 43.7 Å². The summed E-state index contributed by atoms with van der Waals surface area (Å²) >= 11 is 1.68. The molecule has 29 heavy (non-hydrogen) atoms. The number of hydrogen-bond acceptors (Lipinski definition) is 5. The Labute approximate surface area is 171 Å². The van der Waals surface area contributed by atoms with Gasteiger partial charge in [-0.15, -0.1) is 0 Å². The van der Waals surface area contributed by atoms with Crippen molar-refractivity contribution in [1.29, 1.82) is 0 Å². The first kappa shape index (κ1) is 19.0. The van der Waals surface area contributed by atoms with E-state index in [-0.39, 0.29) is 12.2 Å². The fourth-order valence-corrected chi connectivity index (χ4v) is 3.97. The zero-order valence-corrected chi connectivity index (χ0v) is 16.8. The Bertz CT molecular complexity index is 1230. The van der Waals surface area contributed by atoms with Crippen LogP contribution in [-0.2, 0) is 4.74 Å². The third-order valence-corrected chi connectivity index (χ3v) is 5.47. The quantitative estimate of drug-likeness (QED) is 0.500. The summed E-state index contributed by atoms with van der Waals surface area (Å²) in [6.07, 6.45) is 1.28. The summed E-state index contributed by atoms with van der Waals surface area (Å²) in [6.45, 7) is 3.77. The van der Waals surface area contributed by atoms with Gasteiger partial charge in [0.05, 0.1) is 6.61 Å². The number of rotatable bonds is 5. The molecule has 0 atom stereocenters. The average molecular weight is 405 g/mol. The highest BCUT2D eigenvalue weighted by molar-refractivity contribution is 7.99. The molecule has 0 amide bonds. The second-order valence-corrected chi connectivity index (χ2v) is 7.55. The molecule has 4 aromatic rings. The summed E-state index contributed by atoms with van der Waals surface area (Å²) in [5.74, 6) is -0.671. The summed E-state index contributed by atoms with van der Waals surface area (Å²) in [6, 6.07) is 18.3. The van der Waals surface area contributed by atoms with E-state index in [1.165, 1.54) is 15.6 Å².